The third kappa shape index (κ3) is 3.21. The van der Waals surface area contributed by atoms with E-state index in [9.17, 15) is 13.2 Å². The minimum atomic E-state index is -3.68. The van der Waals surface area contributed by atoms with Gasteiger partial charge in [-0.05, 0) is 67.2 Å². The van der Waals surface area contributed by atoms with Gasteiger partial charge in [-0.2, -0.15) is 0 Å². The third-order valence-electron chi connectivity index (χ3n) is 6.68. The molecule has 0 saturated carbocycles. The van der Waals surface area contributed by atoms with Crippen molar-refractivity contribution in [2.75, 3.05) is 31.6 Å². The van der Waals surface area contributed by atoms with Crippen LogP contribution in [0.4, 0.5) is 10.5 Å². The molecule has 0 bridgehead atoms. The molecule has 0 aromatic heterocycles. The van der Waals surface area contributed by atoms with E-state index in [1.165, 1.54) is 22.3 Å². The highest BCUT2D eigenvalue weighted by molar-refractivity contribution is 7.90. The maximum absolute atomic E-state index is 12.6. The number of hydrogen-bond donors (Lipinski definition) is 2. The normalized spacial score (nSPS) is 24.6. The molecule has 2 fully saturated rings. The molecule has 2 N–H and O–H groups in total. The Morgan fingerprint density at radius 3 is 2.36 bits per heavy atom. The van der Waals surface area contributed by atoms with Crippen LogP contribution in [0.3, 0.4) is 0 Å². The SMILES string of the molecule is O=C(Nc1c2c(cc3c1CCC3)CCC2)NS(=O)(=O)C1CN(C2CCOC2)C1. The molecule has 1 atom stereocenters. The Kier molecular flexibility index (Phi) is 4.60. The quantitative estimate of drug-likeness (QED) is 0.794. The van der Waals surface area contributed by atoms with Crippen molar-refractivity contribution in [3.05, 3.63) is 28.3 Å². The van der Waals surface area contributed by atoms with E-state index >= 15 is 0 Å². The molecule has 1 aromatic carbocycles. The van der Waals surface area contributed by atoms with Crippen molar-refractivity contribution in [1.82, 2.24) is 9.62 Å². The Balaban J connectivity index is 1.26. The van der Waals surface area contributed by atoms with Crippen LogP contribution in [-0.2, 0) is 40.4 Å². The Morgan fingerprint density at radius 2 is 1.75 bits per heavy atom. The van der Waals surface area contributed by atoms with Crippen LogP contribution in [-0.4, -0.2) is 56.9 Å². The van der Waals surface area contributed by atoms with Crippen LogP contribution in [0, 0.1) is 0 Å². The number of sulfonamides is 1. The second kappa shape index (κ2) is 7.00. The molecule has 5 rings (SSSR count). The summed E-state index contributed by atoms with van der Waals surface area (Å²) in [6, 6.07) is 1.98. The lowest BCUT2D eigenvalue weighted by atomic mass is 9.99. The molecule has 28 heavy (non-hydrogen) atoms. The molecule has 4 aliphatic rings. The van der Waals surface area contributed by atoms with Crippen molar-refractivity contribution in [3.63, 3.8) is 0 Å². The minimum absolute atomic E-state index is 0.315. The molecule has 2 aliphatic carbocycles. The van der Waals surface area contributed by atoms with Gasteiger partial charge in [0.25, 0.3) is 0 Å². The number of carbonyl (C=O) groups excluding carboxylic acids is 1. The van der Waals surface area contributed by atoms with Gasteiger partial charge in [0.2, 0.25) is 10.0 Å². The maximum atomic E-state index is 12.6. The first-order valence-corrected chi connectivity index (χ1v) is 11.9. The highest BCUT2D eigenvalue weighted by Gasteiger charge is 2.42. The van der Waals surface area contributed by atoms with E-state index in [-0.39, 0.29) is 0 Å². The number of ether oxygens (including phenoxy) is 1. The number of aryl methyl sites for hydroxylation is 2. The zero-order valence-electron chi connectivity index (χ0n) is 16.0. The first kappa shape index (κ1) is 18.4. The number of amides is 2. The van der Waals surface area contributed by atoms with Crippen LogP contribution in [0.5, 0.6) is 0 Å². The van der Waals surface area contributed by atoms with Gasteiger partial charge in [0.05, 0.1) is 6.61 Å². The number of anilines is 1. The fourth-order valence-electron chi connectivity index (χ4n) is 5.09. The lowest BCUT2D eigenvalue weighted by Gasteiger charge is -2.41. The molecule has 0 spiro atoms. The summed E-state index contributed by atoms with van der Waals surface area (Å²) in [4.78, 5) is 14.7. The van der Waals surface area contributed by atoms with Crippen molar-refractivity contribution in [2.45, 2.75) is 56.2 Å². The topological polar surface area (TPSA) is 87.7 Å². The summed E-state index contributed by atoms with van der Waals surface area (Å²) < 4.78 is 32.9. The van der Waals surface area contributed by atoms with E-state index in [1.807, 2.05) is 0 Å². The molecule has 2 saturated heterocycles. The molecule has 8 heteroatoms. The van der Waals surface area contributed by atoms with Gasteiger partial charge in [-0.1, -0.05) is 6.07 Å². The fourth-order valence-corrected chi connectivity index (χ4v) is 6.34. The van der Waals surface area contributed by atoms with Gasteiger partial charge < -0.3 is 10.1 Å². The van der Waals surface area contributed by atoms with E-state index < -0.39 is 21.3 Å². The number of benzene rings is 1. The number of nitrogens with one attached hydrogen (secondary N) is 2. The summed E-state index contributed by atoms with van der Waals surface area (Å²) in [5.41, 5.74) is 5.89. The fraction of sp³-hybridized carbons (Fsp3) is 0.650. The molecule has 2 amide bonds. The average Bonchev–Trinajstić information content (AvgIpc) is 3.33. The summed E-state index contributed by atoms with van der Waals surface area (Å²) in [7, 11) is -3.68. The number of likely N-dealkylation sites (tertiary alicyclic amines) is 1. The maximum Gasteiger partial charge on any atom is 0.332 e. The number of urea groups is 1. The van der Waals surface area contributed by atoms with Gasteiger partial charge in [-0.25, -0.2) is 17.9 Å². The van der Waals surface area contributed by atoms with Crippen LogP contribution in [0.1, 0.15) is 41.5 Å². The van der Waals surface area contributed by atoms with E-state index in [0.29, 0.717) is 25.7 Å². The highest BCUT2D eigenvalue weighted by Crippen LogP contribution is 2.38. The second-order valence-electron chi connectivity index (χ2n) is 8.43. The molecule has 1 aromatic rings. The minimum Gasteiger partial charge on any atom is -0.380 e. The molecule has 152 valence electrons. The summed E-state index contributed by atoms with van der Waals surface area (Å²) in [5.74, 6) is 0. The summed E-state index contributed by atoms with van der Waals surface area (Å²) in [5, 5.41) is 2.37. The standard InChI is InChI=1S/C20H27N3O4S/c24-20(22-28(25,26)16-10-23(11-16)15-7-8-27-12-15)21-19-17-5-1-3-13(17)9-14-4-2-6-18(14)19/h9,15-16H,1-8,10-12H2,(H2,21,22,24). The Hall–Kier alpha value is -1.64. The molecular formula is C20H27N3O4S. The van der Waals surface area contributed by atoms with E-state index in [4.69, 9.17) is 4.74 Å². The zero-order valence-corrected chi connectivity index (χ0v) is 16.8. The number of nitrogens with zero attached hydrogens (tertiary/aromatic N) is 1. The molecule has 7 nitrogen and oxygen atoms in total. The predicted octanol–water partition coefficient (Wildman–Crippen LogP) is 1.59. The van der Waals surface area contributed by atoms with Crippen LogP contribution >= 0.6 is 0 Å². The van der Waals surface area contributed by atoms with Crippen molar-refractivity contribution >= 4 is 21.7 Å². The van der Waals surface area contributed by atoms with Crippen molar-refractivity contribution in [2.24, 2.45) is 0 Å². The van der Waals surface area contributed by atoms with E-state index in [0.717, 1.165) is 57.2 Å². The monoisotopic (exact) mass is 405 g/mol. The lowest BCUT2D eigenvalue weighted by Crippen LogP contribution is -2.61. The van der Waals surface area contributed by atoms with Crippen LogP contribution in [0.25, 0.3) is 0 Å². The van der Waals surface area contributed by atoms with Gasteiger partial charge >= 0.3 is 6.03 Å². The van der Waals surface area contributed by atoms with Gasteiger partial charge in [0.15, 0.2) is 0 Å². The number of fused-ring (bicyclic) bond motifs is 2. The summed E-state index contributed by atoms with van der Waals surface area (Å²) in [6.07, 6.45) is 7.12. The largest absolute Gasteiger partial charge is 0.380 e. The van der Waals surface area contributed by atoms with Gasteiger partial charge in [-0.3, -0.25) is 4.90 Å². The van der Waals surface area contributed by atoms with Crippen LogP contribution < -0.4 is 10.0 Å². The third-order valence-corrected chi connectivity index (χ3v) is 8.33. The highest BCUT2D eigenvalue weighted by atomic mass is 32.2. The van der Waals surface area contributed by atoms with E-state index in [1.54, 1.807) is 0 Å². The Morgan fingerprint density at radius 1 is 1.07 bits per heavy atom. The van der Waals surface area contributed by atoms with E-state index in [2.05, 4.69) is 21.0 Å². The van der Waals surface area contributed by atoms with Gasteiger partial charge in [0.1, 0.15) is 5.25 Å². The zero-order chi connectivity index (χ0) is 19.3. The smallest absolute Gasteiger partial charge is 0.332 e. The first-order chi connectivity index (χ1) is 13.5. The molecular weight excluding hydrogens is 378 g/mol. The molecule has 0 radical (unpaired) electrons. The number of rotatable bonds is 4. The average molecular weight is 406 g/mol. The van der Waals surface area contributed by atoms with Crippen LogP contribution in [0.2, 0.25) is 0 Å². The van der Waals surface area contributed by atoms with Gasteiger partial charge in [0, 0.05) is 31.4 Å². The van der Waals surface area contributed by atoms with Crippen molar-refractivity contribution in [1.29, 1.82) is 0 Å². The molecule has 2 heterocycles. The number of hydrogen-bond acceptors (Lipinski definition) is 5. The summed E-state index contributed by atoms with van der Waals surface area (Å²) in [6.45, 7) is 2.34. The molecule has 2 aliphatic heterocycles. The first-order valence-electron chi connectivity index (χ1n) is 10.3. The van der Waals surface area contributed by atoms with Crippen molar-refractivity contribution < 1.29 is 17.9 Å². The summed E-state index contributed by atoms with van der Waals surface area (Å²) >= 11 is 0. The van der Waals surface area contributed by atoms with Crippen LogP contribution in [0.15, 0.2) is 6.07 Å². The van der Waals surface area contributed by atoms with Crippen molar-refractivity contribution in [3.8, 4) is 0 Å². The van der Waals surface area contributed by atoms with Gasteiger partial charge in [-0.15, -0.1) is 0 Å². The predicted molar refractivity (Wildman–Crippen MR) is 106 cm³/mol. The number of carbonyl (C=O) groups is 1. The Bertz CT molecular complexity index is 870. The second-order valence-corrected chi connectivity index (χ2v) is 10.4. The lowest BCUT2D eigenvalue weighted by molar-refractivity contribution is 0.0998. The Labute approximate surface area is 165 Å². The molecule has 1 unspecified atom stereocenters.